The van der Waals surface area contributed by atoms with Gasteiger partial charge in [0, 0.05) is 19.2 Å². The van der Waals surface area contributed by atoms with Gasteiger partial charge in [-0.15, -0.1) is 10.2 Å². The number of carbonyl (C=O) groups is 1. The summed E-state index contributed by atoms with van der Waals surface area (Å²) in [4.78, 5) is 12.0. The molecule has 0 aliphatic carbocycles. The monoisotopic (exact) mass is 304 g/mol. The number of rotatable bonds is 5. The van der Waals surface area contributed by atoms with Gasteiger partial charge in [-0.3, -0.25) is 4.79 Å². The first-order valence-electron chi connectivity index (χ1n) is 6.88. The van der Waals surface area contributed by atoms with Crippen LogP contribution in [0.3, 0.4) is 0 Å². The van der Waals surface area contributed by atoms with Crippen LogP contribution in [0.5, 0.6) is 0 Å². The van der Waals surface area contributed by atoms with Crippen molar-refractivity contribution in [2.45, 2.75) is 32.3 Å². The van der Waals surface area contributed by atoms with Gasteiger partial charge in [0.1, 0.15) is 5.82 Å². The van der Waals surface area contributed by atoms with Crippen LogP contribution in [0.15, 0.2) is 23.4 Å². The van der Waals surface area contributed by atoms with Crippen LogP contribution in [0.4, 0.5) is 5.69 Å². The maximum atomic E-state index is 12.0. The zero-order valence-corrected chi connectivity index (χ0v) is 13.6. The van der Waals surface area contributed by atoms with E-state index in [4.69, 9.17) is 0 Å². The van der Waals surface area contributed by atoms with E-state index in [0.29, 0.717) is 5.75 Å². The second kappa shape index (κ2) is 6.76. The fourth-order valence-electron chi connectivity index (χ4n) is 2.15. The number of nitrogens with zero attached hydrogens (tertiary/aromatic N) is 3. The first kappa shape index (κ1) is 15.6. The normalized spacial score (nSPS) is 10.7. The minimum absolute atomic E-state index is 0.0361. The summed E-state index contributed by atoms with van der Waals surface area (Å²) < 4.78 is 1.93. The number of hydrogen-bond acceptors (Lipinski definition) is 4. The first-order chi connectivity index (χ1) is 9.99. The summed E-state index contributed by atoms with van der Waals surface area (Å²) in [6.07, 6.45) is 0.832. The molecule has 0 fully saturated rings. The van der Waals surface area contributed by atoms with Crippen LogP contribution in [0.1, 0.15) is 23.9 Å². The van der Waals surface area contributed by atoms with Gasteiger partial charge in [-0.1, -0.05) is 24.8 Å². The highest BCUT2D eigenvalue weighted by Gasteiger charge is 2.10. The Hall–Kier alpha value is -1.82. The molecule has 1 heterocycles. The van der Waals surface area contributed by atoms with Crippen molar-refractivity contribution in [2.24, 2.45) is 7.05 Å². The molecule has 0 bridgehead atoms. The minimum Gasteiger partial charge on any atom is -0.325 e. The average molecular weight is 304 g/mol. The van der Waals surface area contributed by atoms with Crippen LogP contribution in [-0.4, -0.2) is 26.4 Å². The SMILES string of the molecule is CCc1nnc(SCC(=O)Nc2cc(C)cc(C)c2)n1C. The summed E-state index contributed by atoms with van der Waals surface area (Å²) in [5.74, 6) is 1.21. The Balaban J connectivity index is 1.94. The molecule has 1 aromatic heterocycles. The smallest absolute Gasteiger partial charge is 0.234 e. The first-order valence-corrected chi connectivity index (χ1v) is 7.87. The molecule has 0 saturated heterocycles. The highest BCUT2D eigenvalue weighted by molar-refractivity contribution is 7.99. The lowest BCUT2D eigenvalue weighted by molar-refractivity contribution is -0.113. The van der Waals surface area contributed by atoms with E-state index in [9.17, 15) is 4.79 Å². The van der Waals surface area contributed by atoms with Crippen molar-refractivity contribution >= 4 is 23.4 Å². The van der Waals surface area contributed by atoms with Crippen LogP contribution in [-0.2, 0) is 18.3 Å². The largest absolute Gasteiger partial charge is 0.325 e. The molecule has 1 aromatic carbocycles. The number of carbonyl (C=O) groups excluding carboxylic acids is 1. The van der Waals surface area contributed by atoms with Gasteiger partial charge in [-0.2, -0.15) is 0 Å². The van der Waals surface area contributed by atoms with Crippen molar-refractivity contribution in [2.75, 3.05) is 11.1 Å². The Morgan fingerprint density at radius 1 is 1.24 bits per heavy atom. The van der Waals surface area contributed by atoms with E-state index in [1.807, 2.05) is 44.5 Å². The molecule has 21 heavy (non-hydrogen) atoms. The zero-order valence-electron chi connectivity index (χ0n) is 12.8. The number of hydrogen-bond donors (Lipinski definition) is 1. The molecule has 0 aliphatic heterocycles. The molecule has 2 aromatic rings. The Labute approximate surface area is 129 Å². The Morgan fingerprint density at radius 3 is 2.48 bits per heavy atom. The van der Waals surface area contributed by atoms with Gasteiger partial charge in [0.25, 0.3) is 0 Å². The van der Waals surface area contributed by atoms with E-state index >= 15 is 0 Å². The Bertz CT molecular complexity index is 631. The summed E-state index contributed by atoms with van der Waals surface area (Å²) in [5, 5.41) is 11.9. The lowest BCUT2D eigenvalue weighted by Crippen LogP contribution is -2.14. The Kier molecular flexibility index (Phi) is 5.01. The van der Waals surface area contributed by atoms with Crippen LogP contribution in [0.2, 0.25) is 0 Å². The summed E-state index contributed by atoms with van der Waals surface area (Å²) in [6, 6.07) is 6.01. The van der Waals surface area contributed by atoms with Crippen molar-refractivity contribution in [1.82, 2.24) is 14.8 Å². The maximum Gasteiger partial charge on any atom is 0.234 e. The number of anilines is 1. The van der Waals surface area contributed by atoms with Crippen molar-refractivity contribution in [3.05, 3.63) is 35.2 Å². The third-order valence-electron chi connectivity index (χ3n) is 3.08. The fraction of sp³-hybridized carbons (Fsp3) is 0.400. The zero-order chi connectivity index (χ0) is 15.4. The lowest BCUT2D eigenvalue weighted by Gasteiger charge is -2.07. The van der Waals surface area contributed by atoms with Crippen molar-refractivity contribution in [3.8, 4) is 0 Å². The van der Waals surface area contributed by atoms with E-state index in [1.165, 1.54) is 11.8 Å². The number of aryl methyl sites for hydroxylation is 3. The highest BCUT2D eigenvalue weighted by Crippen LogP contribution is 2.17. The van der Waals surface area contributed by atoms with Gasteiger partial charge in [0.15, 0.2) is 5.16 Å². The van der Waals surface area contributed by atoms with Crippen molar-refractivity contribution in [1.29, 1.82) is 0 Å². The van der Waals surface area contributed by atoms with Crippen molar-refractivity contribution < 1.29 is 4.79 Å². The van der Waals surface area contributed by atoms with E-state index in [1.54, 1.807) is 0 Å². The molecule has 0 saturated carbocycles. The second-order valence-electron chi connectivity index (χ2n) is 5.02. The number of benzene rings is 1. The second-order valence-corrected chi connectivity index (χ2v) is 5.97. The van der Waals surface area contributed by atoms with E-state index < -0.39 is 0 Å². The number of amides is 1. The van der Waals surface area contributed by atoms with Crippen LogP contribution >= 0.6 is 11.8 Å². The lowest BCUT2D eigenvalue weighted by atomic mass is 10.1. The molecule has 1 N–H and O–H groups in total. The number of nitrogens with one attached hydrogen (secondary N) is 1. The van der Waals surface area contributed by atoms with Gasteiger partial charge < -0.3 is 9.88 Å². The van der Waals surface area contributed by atoms with Crippen LogP contribution in [0.25, 0.3) is 0 Å². The summed E-state index contributed by atoms with van der Waals surface area (Å²) >= 11 is 1.40. The third-order valence-corrected chi connectivity index (χ3v) is 4.10. The molecule has 112 valence electrons. The molecule has 0 atom stereocenters. The maximum absolute atomic E-state index is 12.0. The van der Waals surface area contributed by atoms with E-state index in [2.05, 4.69) is 21.6 Å². The molecule has 0 unspecified atom stereocenters. The average Bonchev–Trinajstić information content (AvgIpc) is 2.75. The van der Waals surface area contributed by atoms with Crippen LogP contribution < -0.4 is 5.32 Å². The van der Waals surface area contributed by atoms with Gasteiger partial charge in [-0.25, -0.2) is 0 Å². The molecule has 2 rings (SSSR count). The molecule has 0 radical (unpaired) electrons. The van der Waals surface area contributed by atoms with Crippen molar-refractivity contribution in [3.63, 3.8) is 0 Å². The predicted molar refractivity (Wildman–Crippen MR) is 85.7 cm³/mol. The highest BCUT2D eigenvalue weighted by atomic mass is 32.2. The number of thioether (sulfide) groups is 1. The van der Waals surface area contributed by atoms with Gasteiger partial charge >= 0.3 is 0 Å². The molecular formula is C15H20N4OS. The van der Waals surface area contributed by atoms with Gasteiger partial charge in [0.05, 0.1) is 5.75 Å². The van der Waals surface area contributed by atoms with Crippen LogP contribution in [0, 0.1) is 13.8 Å². The summed E-state index contributed by atoms with van der Waals surface area (Å²) in [7, 11) is 1.92. The molecule has 1 amide bonds. The number of aromatic nitrogens is 3. The standard InChI is InChI=1S/C15H20N4OS/c1-5-13-17-18-15(19(13)4)21-9-14(20)16-12-7-10(2)6-11(3)8-12/h6-8H,5,9H2,1-4H3,(H,16,20). The predicted octanol–water partition coefficient (Wildman–Crippen LogP) is 2.73. The fourth-order valence-corrected chi connectivity index (χ4v) is 2.88. The molecule has 6 heteroatoms. The van der Waals surface area contributed by atoms with E-state index in [-0.39, 0.29) is 5.91 Å². The Morgan fingerprint density at radius 2 is 1.90 bits per heavy atom. The molecule has 5 nitrogen and oxygen atoms in total. The van der Waals surface area contributed by atoms with Gasteiger partial charge in [0.2, 0.25) is 5.91 Å². The topological polar surface area (TPSA) is 59.8 Å². The quantitative estimate of drug-likeness (QED) is 0.863. The summed E-state index contributed by atoms with van der Waals surface area (Å²) in [6.45, 7) is 6.07. The summed E-state index contributed by atoms with van der Waals surface area (Å²) in [5.41, 5.74) is 3.11. The minimum atomic E-state index is -0.0361. The molecular weight excluding hydrogens is 284 g/mol. The van der Waals surface area contributed by atoms with Gasteiger partial charge in [-0.05, 0) is 37.1 Å². The molecule has 0 spiro atoms. The molecule has 0 aliphatic rings. The van der Waals surface area contributed by atoms with E-state index in [0.717, 1.165) is 34.2 Å². The third kappa shape index (κ3) is 4.07.